The van der Waals surface area contributed by atoms with Gasteiger partial charge in [-0.05, 0) is 64.0 Å². The largest absolute Gasteiger partial charge is 0.325 e. The summed E-state index contributed by atoms with van der Waals surface area (Å²) in [5.74, 6) is 0.685. The second kappa shape index (κ2) is 6.12. The lowest BCUT2D eigenvalue weighted by Crippen LogP contribution is -2.51. The van der Waals surface area contributed by atoms with E-state index in [2.05, 4.69) is 15.1 Å². The van der Waals surface area contributed by atoms with Crippen molar-refractivity contribution < 1.29 is 4.79 Å². The van der Waals surface area contributed by atoms with Crippen LogP contribution in [0, 0.1) is 5.92 Å². The topological polar surface area (TPSA) is 35.6 Å². The Morgan fingerprint density at radius 3 is 2.53 bits per heavy atom. The zero-order valence-corrected chi connectivity index (χ0v) is 11.9. The van der Waals surface area contributed by atoms with Crippen LogP contribution < -0.4 is 5.32 Å². The van der Waals surface area contributed by atoms with Gasteiger partial charge in [0.2, 0.25) is 0 Å². The predicted octanol–water partition coefficient (Wildman–Crippen LogP) is 2.06. The molecule has 2 atom stereocenters. The predicted molar refractivity (Wildman–Crippen MR) is 76.1 cm³/mol. The Morgan fingerprint density at radius 2 is 1.79 bits per heavy atom. The smallest absolute Gasteiger partial charge is 0.320 e. The highest BCUT2D eigenvalue weighted by atomic mass is 16.2. The minimum Gasteiger partial charge on any atom is -0.325 e. The first kappa shape index (κ1) is 13.2. The summed E-state index contributed by atoms with van der Waals surface area (Å²) in [5.41, 5.74) is 0. The third-order valence-electron chi connectivity index (χ3n) is 5.05. The molecule has 19 heavy (non-hydrogen) atoms. The van der Waals surface area contributed by atoms with E-state index in [9.17, 15) is 4.79 Å². The Hall–Kier alpha value is -0.770. The first-order valence-corrected chi connectivity index (χ1v) is 8.12. The first-order valence-electron chi connectivity index (χ1n) is 8.12. The standard InChI is InChI=1S/C15H27N3O/c19-15(17-9-2-1-3-10-17)18-11-5-7-14(18)13-6-4-8-16-12-13/h13-14,16H,1-12H2. The highest BCUT2D eigenvalue weighted by molar-refractivity contribution is 5.75. The van der Waals surface area contributed by atoms with Crippen LogP contribution in [0.25, 0.3) is 0 Å². The van der Waals surface area contributed by atoms with E-state index in [1.54, 1.807) is 0 Å². The van der Waals surface area contributed by atoms with Gasteiger partial charge in [0.1, 0.15) is 0 Å². The second-order valence-electron chi connectivity index (χ2n) is 6.34. The minimum absolute atomic E-state index is 0.327. The summed E-state index contributed by atoms with van der Waals surface area (Å²) in [4.78, 5) is 17.0. The van der Waals surface area contributed by atoms with E-state index in [0.717, 1.165) is 32.7 Å². The maximum atomic E-state index is 12.7. The van der Waals surface area contributed by atoms with E-state index in [1.165, 1.54) is 44.9 Å². The summed E-state index contributed by atoms with van der Waals surface area (Å²) in [6.45, 7) is 5.20. The zero-order valence-electron chi connectivity index (χ0n) is 11.9. The number of carbonyl (C=O) groups excluding carboxylic acids is 1. The van der Waals surface area contributed by atoms with Gasteiger partial charge in [0.05, 0.1) is 0 Å². The van der Waals surface area contributed by atoms with Crippen LogP contribution in [0.15, 0.2) is 0 Å². The number of amides is 2. The third-order valence-corrected chi connectivity index (χ3v) is 5.05. The Kier molecular flexibility index (Phi) is 4.26. The summed E-state index contributed by atoms with van der Waals surface area (Å²) in [6, 6.07) is 0.829. The molecule has 3 rings (SSSR count). The van der Waals surface area contributed by atoms with Crippen molar-refractivity contribution in [3.8, 4) is 0 Å². The van der Waals surface area contributed by atoms with Crippen LogP contribution in [-0.2, 0) is 0 Å². The number of hydrogen-bond acceptors (Lipinski definition) is 2. The first-order chi connectivity index (χ1) is 9.36. The number of urea groups is 1. The van der Waals surface area contributed by atoms with Gasteiger partial charge < -0.3 is 15.1 Å². The number of nitrogens with zero attached hydrogens (tertiary/aromatic N) is 2. The molecule has 0 spiro atoms. The molecule has 2 unspecified atom stereocenters. The molecule has 3 saturated heterocycles. The highest BCUT2D eigenvalue weighted by Crippen LogP contribution is 2.29. The molecule has 3 aliphatic rings. The van der Waals surface area contributed by atoms with Crippen LogP contribution in [0.2, 0.25) is 0 Å². The van der Waals surface area contributed by atoms with Gasteiger partial charge in [-0.3, -0.25) is 0 Å². The van der Waals surface area contributed by atoms with E-state index in [0.29, 0.717) is 18.0 Å². The number of likely N-dealkylation sites (tertiary alicyclic amines) is 2. The van der Waals surface area contributed by atoms with Crippen molar-refractivity contribution in [2.24, 2.45) is 5.92 Å². The van der Waals surface area contributed by atoms with E-state index >= 15 is 0 Å². The van der Waals surface area contributed by atoms with Gasteiger partial charge in [0.25, 0.3) is 0 Å². The van der Waals surface area contributed by atoms with Crippen LogP contribution in [-0.4, -0.2) is 54.6 Å². The monoisotopic (exact) mass is 265 g/mol. The molecule has 3 fully saturated rings. The van der Waals surface area contributed by atoms with E-state index in [4.69, 9.17) is 0 Å². The van der Waals surface area contributed by atoms with Crippen molar-refractivity contribution in [2.45, 2.75) is 51.0 Å². The summed E-state index contributed by atoms with van der Waals surface area (Å²) < 4.78 is 0. The molecule has 3 aliphatic heterocycles. The van der Waals surface area contributed by atoms with Crippen molar-refractivity contribution in [1.29, 1.82) is 0 Å². The highest BCUT2D eigenvalue weighted by Gasteiger charge is 2.37. The maximum absolute atomic E-state index is 12.7. The summed E-state index contributed by atoms with van der Waals surface area (Å²) in [7, 11) is 0. The fourth-order valence-corrected chi connectivity index (χ4v) is 3.99. The molecule has 0 aromatic carbocycles. The van der Waals surface area contributed by atoms with Crippen molar-refractivity contribution in [3.63, 3.8) is 0 Å². The average molecular weight is 265 g/mol. The normalized spacial score (nSPS) is 32.6. The Labute approximate surface area is 116 Å². The lowest BCUT2D eigenvalue weighted by molar-refractivity contribution is 0.119. The molecule has 3 heterocycles. The Morgan fingerprint density at radius 1 is 0.947 bits per heavy atom. The van der Waals surface area contributed by atoms with Gasteiger partial charge in [-0.15, -0.1) is 0 Å². The van der Waals surface area contributed by atoms with Crippen LogP contribution in [0.4, 0.5) is 4.79 Å². The Bertz CT molecular complexity index is 309. The van der Waals surface area contributed by atoms with Crippen molar-refractivity contribution in [2.75, 3.05) is 32.7 Å². The fraction of sp³-hybridized carbons (Fsp3) is 0.933. The molecule has 0 radical (unpaired) electrons. The number of hydrogen-bond donors (Lipinski definition) is 1. The molecule has 4 nitrogen and oxygen atoms in total. The zero-order chi connectivity index (χ0) is 13.1. The molecule has 0 aromatic heterocycles. The quantitative estimate of drug-likeness (QED) is 0.787. The van der Waals surface area contributed by atoms with Gasteiger partial charge in [-0.1, -0.05) is 0 Å². The number of carbonyl (C=O) groups is 1. The van der Waals surface area contributed by atoms with Gasteiger partial charge in [-0.2, -0.15) is 0 Å². The number of nitrogens with one attached hydrogen (secondary N) is 1. The van der Waals surface area contributed by atoms with Gasteiger partial charge in [-0.25, -0.2) is 4.79 Å². The van der Waals surface area contributed by atoms with Crippen LogP contribution in [0.5, 0.6) is 0 Å². The number of rotatable bonds is 1. The van der Waals surface area contributed by atoms with Crippen LogP contribution in [0.1, 0.15) is 44.9 Å². The van der Waals surface area contributed by atoms with Gasteiger partial charge >= 0.3 is 6.03 Å². The molecule has 0 aliphatic carbocycles. The lowest BCUT2D eigenvalue weighted by Gasteiger charge is -2.38. The maximum Gasteiger partial charge on any atom is 0.320 e. The van der Waals surface area contributed by atoms with Crippen molar-refractivity contribution in [1.82, 2.24) is 15.1 Å². The molecular formula is C15H27N3O. The molecule has 0 bridgehead atoms. The molecule has 0 saturated carbocycles. The van der Waals surface area contributed by atoms with E-state index in [-0.39, 0.29) is 0 Å². The van der Waals surface area contributed by atoms with Crippen molar-refractivity contribution in [3.05, 3.63) is 0 Å². The Balaban J connectivity index is 1.62. The fourth-order valence-electron chi connectivity index (χ4n) is 3.99. The molecule has 0 aromatic rings. The minimum atomic E-state index is 0.327. The summed E-state index contributed by atoms with van der Waals surface area (Å²) in [5, 5.41) is 3.50. The van der Waals surface area contributed by atoms with Gasteiger partial charge in [0.15, 0.2) is 0 Å². The van der Waals surface area contributed by atoms with Crippen LogP contribution >= 0.6 is 0 Å². The molecule has 2 amide bonds. The second-order valence-corrected chi connectivity index (χ2v) is 6.34. The summed E-state index contributed by atoms with van der Waals surface area (Å²) in [6.07, 6.45) is 8.64. The third kappa shape index (κ3) is 2.88. The molecular weight excluding hydrogens is 238 g/mol. The average Bonchev–Trinajstić information content (AvgIpc) is 2.98. The van der Waals surface area contributed by atoms with Crippen molar-refractivity contribution >= 4 is 6.03 Å². The lowest BCUT2D eigenvalue weighted by atomic mass is 9.90. The number of piperidine rings is 2. The molecule has 108 valence electrons. The molecule has 1 N–H and O–H groups in total. The SMILES string of the molecule is O=C(N1CCCCC1)N1CCCC1C1CCCNC1. The molecule has 4 heteroatoms. The van der Waals surface area contributed by atoms with E-state index < -0.39 is 0 Å². The van der Waals surface area contributed by atoms with E-state index in [1.807, 2.05) is 0 Å². The van der Waals surface area contributed by atoms with Gasteiger partial charge in [0, 0.05) is 25.7 Å². The summed E-state index contributed by atoms with van der Waals surface area (Å²) >= 11 is 0. The van der Waals surface area contributed by atoms with Crippen LogP contribution in [0.3, 0.4) is 0 Å².